The van der Waals surface area contributed by atoms with Crippen molar-refractivity contribution in [2.45, 2.75) is 39.7 Å². The molecule has 0 saturated heterocycles. The van der Waals surface area contributed by atoms with Crippen molar-refractivity contribution in [1.82, 2.24) is 15.6 Å². The zero-order chi connectivity index (χ0) is 17.9. The largest absolute Gasteiger partial charge is 0.497 e. The molecule has 26 heavy (non-hydrogen) atoms. The van der Waals surface area contributed by atoms with Crippen molar-refractivity contribution in [1.29, 1.82) is 0 Å². The summed E-state index contributed by atoms with van der Waals surface area (Å²) in [4.78, 5) is 10.3. The molecule has 0 amide bonds. The van der Waals surface area contributed by atoms with Crippen molar-refractivity contribution >= 4 is 41.3 Å². The lowest BCUT2D eigenvalue weighted by atomic mass is 10.1. The summed E-state index contributed by atoms with van der Waals surface area (Å²) in [5, 5.41) is 7.74. The Balaban J connectivity index is 0.00000338. The zero-order valence-corrected chi connectivity index (χ0v) is 18.9. The molecule has 2 N–H and O–H groups in total. The molecule has 144 valence electrons. The molecule has 2 rings (SSSR count). The van der Waals surface area contributed by atoms with Gasteiger partial charge in [-0.05, 0) is 43.9 Å². The third-order valence-corrected chi connectivity index (χ3v) is 4.89. The first-order chi connectivity index (χ1) is 12.2. The average molecular weight is 488 g/mol. The molecule has 0 unspecified atom stereocenters. The van der Waals surface area contributed by atoms with Gasteiger partial charge in [-0.15, -0.1) is 35.3 Å². The predicted molar refractivity (Wildman–Crippen MR) is 121 cm³/mol. The van der Waals surface area contributed by atoms with Gasteiger partial charge in [0, 0.05) is 24.2 Å². The van der Waals surface area contributed by atoms with Gasteiger partial charge in [-0.1, -0.05) is 19.1 Å². The fourth-order valence-corrected chi connectivity index (χ4v) is 3.15. The lowest BCUT2D eigenvalue weighted by Gasteiger charge is -2.11. The Morgan fingerprint density at radius 1 is 1.19 bits per heavy atom. The van der Waals surface area contributed by atoms with Gasteiger partial charge in [0.05, 0.1) is 13.7 Å². The number of guanidine groups is 1. The highest BCUT2D eigenvalue weighted by Gasteiger charge is 2.02. The normalized spacial score (nSPS) is 11.0. The maximum absolute atomic E-state index is 5.18. The van der Waals surface area contributed by atoms with Gasteiger partial charge in [0.1, 0.15) is 10.8 Å². The van der Waals surface area contributed by atoms with Crippen molar-refractivity contribution in [2.24, 2.45) is 4.99 Å². The van der Waals surface area contributed by atoms with E-state index in [-0.39, 0.29) is 24.0 Å². The highest BCUT2D eigenvalue weighted by molar-refractivity contribution is 14.0. The number of thiazole rings is 1. The van der Waals surface area contributed by atoms with E-state index >= 15 is 0 Å². The van der Waals surface area contributed by atoms with Crippen LogP contribution in [-0.2, 0) is 19.4 Å². The molecular formula is C19H29IN4OS. The molecule has 0 aliphatic carbocycles. The maximum atomic E-state index is 5.18. The second kappa shape index (κ2) is 12.9. The third kappa shape index (κ3) is 7.90. The van der Waals surface area contributed by atoms with Crippen LogP contribution in [0, 0.1) is 0 Å². The van der Waals surface area contributed by atoms with Gasteiger partial charge in [-0.25, -0.2) is 9.98 Å². The molecular weight excluding hydrogens is 459 g/mol. The number of benzene rings is 1. The Labute approximate surface area is 177 Å². The number of hydrogen-bond donors (Lipinski definition) is 2. The van der Waals surface area contributed by atoms with Gasteiger partial charge in [0.25, 0.3) is 0 Å². The van der Waals surface area contributed by atoms with Crippen LogP contribution >= 0.6 is 35.3 Å². The molecule has 7 heteroatoms. The van der Waals surface area contributed by atoms with E-state index in [0.29, 0.717) is 6.54 Å². The standard InChI is InChI=1S/C19H28N4OS.HI/c1-4-17-13-22-18(25-17)14-23-19(20-5-2)21-12-6-7-15-8-10-16(24-3)11-9-15;/h8-11,13H,4-7,12,14H2,1-3H3,(H2,20,21,23);1H. The topological polar surface area (TPSA) is 58.5 Å². The Morgan fingerprint density at radius 2 is 1.96 bits per heavy atom. The first-order valence-corrected chi connectivity index (χ1v) is 9.65. The number of aromatic nitrogens is 1. The molecule has 1 aromatic heterocycles. The van der Waals surface area contributed by atoms with E-state index in [1.807, 2.05) is 18.3 Å². The van der Waals surface area contributed by atoms with E-state index in [0.717, 1.165) is 49.1 Å². The van der Waals surface area contributed by atoms with Crippen LogP contribution in [0.25, 0.3) is 0 Å². The summed E-state index contributed by atoms with van der Waals surface area (Å²) in [6.45, 7) is 6.58. The predicted octanol–water partition coefficient (Wildman–Crippen LogP) is 4.02. The van der Waals surface area contributed by atoms with E-state index in [1.165, 1.54) is 10.4 Å². The Morgan fingerprint density at radius 3 is 2.58 bits per heavy atom. The highest BCUT2D eigenvalue weighted by atomic mass is 127. The van der Waals surface area contributed by atoms with Crippen molar-refractivity contribution in [3.63, 3.8) is 0 Å². The van der Waals surface area contributed by atoms with Gasteiger partial charge in [-0.2, -0.15) is 0 Å². The molecule has 0 atom stereocenters. The van der Waals surface area contributed by atoms with Gasteiger partial charge in [0.15, 0.2) is 5.96 Å². The molecule has 0 saturated carbocycles. The van der Waals surface area contributed by atoms with Gasteiger partial charge in [0.2, 0.25) is 0 Å². The fraction of sp³-hybridized carbons (Fsp3) is 0.474. The minimum Gasteiger partial charge on any atom is -0.497 e. The number of halogens is 1. The van der Waals surface area contributed by atoms with Crippen LogP contribution < -0.4 is 15.4 Å². The van der Waals surface area contributed by atoms with E-state index in [9.17, 15) is 0 Å². The molecule has 0 radical (unpaired) electrons. The number of aryl methyl sites for hydroxylation is 2. The lowest BCUT2D eigenvalue weighted by Crippen LogP contribution is -2.37. The van der Waals surface area contributed by atoms with Crippen molar-refractivity contribution in [2.75, 3.05) is 20.2 Å². The summed E-state index contributed by atoms with van der Waals surface area (Å²) >= 11 is 1.74. The minimum atomic E-state index is 0. The molecule has 2 aromatic rings. The number of methoxy groups -OCH3 is 1. The smallest absolute Gasteiger partial charge is 0.191 e. The van der Waals surface area contributed by atoms with E-state index in [4.69, 9.17) is 4.74 Å². The number of aliphatic imine (C=N–C) groups is 1. The molecule has 0 fully saturated rings. The van der Waals surface area contributed by atoms with Crippen LogP contribution in [0.15, 0.2) is 35.5 Å². The number of nitrogens with one attached hydrogen (secondary N) is 2. The van der Waals surface area contributed by atoms with Gasteiger partial charge < -0.3 is 15.4 Å². The number of nitrogens with zero attached hydrogens (tertiary/aromatic N) is 2. The molecule has 0 aliphatic heterocycles. The monoisotopic (exact) mass is 488 g/mol. The van der Waals surface area contributed by atoms with Crippen molar-refractivity contribution < 1.29 is 4.74 Å². The summed E-state index contributed by atoms with van der Waals surface area (Å²) in [6.07, 6.45) is 5.06. The molecule has 0 aliphatic rings. The van der Waals surface area contributed by atoms with Gasteiger partial charge in [-0.3, -0.25) is 0 Å². The molecule has 1 heterocycles. The van der Waals surface area contributed by atoms with Crippen molar-refractivity contribution in [3.05, 3.63) is 45.9 Å². The summed E-state index contributed by atoms with van der Waals surface area (Å²) in [7, 11) is 1.69. The second-order valence-electron chi connectivity index (χ2n) is 5.65. The Hall–Kier alpha value is -1.35. The van der Waals surface area contributed by atoms with Crippen LogP contribution in [0.3, 0.4) is 0 Å². The van der Waals surface area contributed by atoms with Crippen molar-refractivity contribution in [3.8, 4) is 5.75 Å². The molecule has 0 spiro atoms. The van der Waals surface area contributed by atoms with E-state index in [1.54, 1.807) is 18.4 Å². The summed E-state index contributed by atoms with van der Waals surface area (Å²) < 4.78 is 5.18. The number of rotatable bonds is 9. The summed E-state index contributed by atoms with van der Waals surface area (Å²) in [6, 6.07) is 8.25. The van der Waals surface area contributed by atoms with Crippen LogP contribution in [-0.4, -0.2) is 31.1 Å². The highest BCUT2D eigenvalue weighted by Crippen LogP contribution is 2.14. The van der Waals surface area contributed by atoms with Gasteiger partial charge >= 0.3 is 0 Å². The second-order valence-corrected chi connectivity index (χ2v) is 6.85. The summed E-state index contributed by atoms with van der Waals surface area (Å²) in [5.41, 5.74) is 1.32. The Kier molecular flexibility index (Phi) is 11.3. The van der Waals surface area contributed by atoms with E-state index in [2.05, 4.69) is 46.6 Å². The first-order valence-electron chi connectivity index (χ1n) is 8.83. The summed E-state index contributed by atoms with van der Waals surface area (Å²) in [5.74, 6) is 1.75. The first kappa shape index (κ1) is 22.7. The van der Waals surface area contributed by atoms with Crippen LogP contribution in [0.2, 0.25) is 0 Å². The number of ether oxygens (including phenoxy) is 1. The lowest BCUT2D eigenvalue weighted by molar-refractivity contribution is 0.414. The maximum Gasteiger partial charge on any atom is 0.191 e. The van der Waals surface area contributed by atoms with Crippen LogP contribution in [0.1, 0.15) is 35.7 Å². The molecule has 0 bridgehead atoms. The third-order valence-electron chi connectivity index (χ3n) is 3.76. The SMILES string of the molecule is CCNC(=NCc1ncc(CC)s1)NCCCc1ccc(OC)cc1.I. The zero-order valence-electron chi connectivity index (χ0n) is 15.7. The van der Waals surface area contributed by atoms with E-state index < -0.39 is 0 Å². The minimum absolute atomic E-state index is 0. The van der Waals surface area contributed by atoms with Crippen LogP contribution in [0.5, 0.6) is 5.75 Å². The number of hydrogen-bond acceptors (Lipinski definition) is 4. The average Bonchev–Trinajstić information content (AvgIpc) is 3.11. The fourth-order valence-electron chi connectivity index (χ4n) is 2.36. The Bertz CT molecular complexity index is 658. The molecule has 5 nitrogen and oxygen atoms in total. The van der Waals surface area contributed by atoms with Crippen LogP contribution in [0.4, 0.5) is 0 Å². The molecule has 1 aromatic carbocycles. The quantitative estimate of drug-likeness (QED) is 0.242.